The lowest BCUT2D eigenvalue weighted by atomic mass is 9.91. The van der Waals surface area contributed by atoms with Gasteiger partial charge in [0.15, 0.2) is 0 Å². The molecule has 1 heteroatoms. The highest BCUT2D eigenvalue weighted by Gasteiger charge is 2.12. The molecule has 0 aliphatic heterocycles. The van der Waals surface area contributed by atoms with Crippen LogP contribution in [0.4, 0.5) is 0 Å². The molecule has 3 bridgehead atoms. The maximum Gasteiger partial charge on any atom is 0.126 e. The molecule has 0 atom stereocenters. The Morgan fingerprint density at radius 3 is 2.73 bits per heavy atom. The van der Waals surface area contributed by atoms with Gasteiger partial charge in [-0.3, -0.25) is 0 Å². The Hall–Kier alpha value is -1.50. The van der Waals surface area contributed by atoms with Crippen LogP contribution < -0.4 is 0 Å². The predicted octanol–water partition coefficient (Wildman–Crippen LogP) is 3.34. The van der Waals surface area contributed by atoms with E-state index in [1.165, 1.54) is 11.1 Å². The van der Waals surface area contributed by atoms with Crippen molar-refractivity contribution >= 4 is 10.8 Å². The number of fused-ring (bicyclic) bond motifs is 2. The first kappa shape index (κ1) is 8.78. The van der Waals surface area contributed by atoms with Crippen molar-refractivity contribution in [2.75, 3.05) is 0 Å². The molecule has 1 aliphatic carbocycles. The van der Waals surface area contributed by atoms with Crippen molar-refractivity contribution in [2.24, 2.45) is 0 Å². The summed E-state index contributed by atoms with van der Waals surface area (Å²) in [5.41, 5.74) is 3.82. The van der Waals surface area contributed by atoms with Crippen LogP contribution in [0.2, 0.25) is 0 Å². The van der Waals surface area contributed by atoms with E-state index in [1.807, 2.05) is 0 Å². The molecule has 1 aliphatic rings. The summed E-state index contributed by atoms with van der Waals surface area (Å²) in [4.78, 5) is 0. The molecule has 2 aromatic carbocycles. The number of benzene rings is 2. The molecule has 0 spiro atoms. The number of rotatable bonds is 0. The zero-order valence-corrected chi connectivity index (χ0v) is 8.88. The Balaban J connectivity index is 2.48. The van der Waals surface area contributed by atoms with E-state index < -0.39 is 0 Å². The lowest BCUT2D eigenvalue weighted by Crippen LogP contribution is -1.98. The molecule has 0 unspecified atom stereocenters. The van der Waals surface area contributed by atoms with Crippen LogP contribution in [0.1, 0.15) is 23.1 Å². The van der Waals surface area contributed by atoms with Crippen LogP contribution in [-0.4, -0.2) is 5.11 Å². The fourth-order valence-corrected chi connectivity index (χ4v) is 2.50. The smallest absolute Gasteiger partial charge is 0.126 e. The Bertz CT molecular complexity index is 541. The number of phenols is 1. The van der Waals surface area contributed by atoms with Gasteiger partial charge in [-0.25, -0.2) is 0 Å². The second kappa shape index (κ2) is 2.99. The minimum absolute atomic E-state index is 0.494. The minimum atomic E-state index is 0.494. The van der Waals surface area contributed by atoms with E-state index in [-0.39, 0.29) is 0 Å². The van der Waals surface area contributed by atoms with E-state index in [0.717, 1.165) is 35.6 Å². The van der Waals surface area contributed by atoms with Crippen molar-refractivity contribution in [3.8, 4) is 5.75 Å². The summed E-state index contributed by atoms with van der Waals surface area (Å²) in [6.07, 6.45) is 3.25. The standard InChI is InChI=1S/C14H14O/c1-9-7-12-6-5-10-3-2-4-11(9)8-13(12)14(10)15/h5-8,15H,2-4H2,1H3. The van der Waals surface area contributed by atoms with Crippen LogP contribution in [0.3, 0.4) is 0 Å². The third kappa shape index (κ3) is 1.23. The van der Waals surface area contributed by atoms with Gasteiger partial charge >= 0.3 is 0 Å². The highest BCUT2D eigenvalue weighted by Crippen LogP contribution is 2.34. The summed E-state index contributed by atoms with van der Waals surface area (Å²) in [5, 5.41) is 12.3. The third-order valence-corrected chi connectivity index (χ3v) is 3.42. The average Bonchev–Trinajstić information content (AvgIpc) is 2.23. The number of aromatic hydroxyl groups is 1. The van der Waals surface area contributed by atoms with E-state index in [2.05, 4.69) is 31.2 Å². The van der Waals surface area contributed by atoms with Crippen LogP contribution >= 0.6 is 0 Å². The van der Waals surface area contributed by atoms with Gasteiger partial charge in [0.25, 0.3) is 0 Å². The molecule has 0 heterocycles. The van der Waals surface area contributed by atoms with Gasteiger partial charge in [-0.15, -0.1) is 0 Å². The Labute approximate surface area is 89.4 Å². The first-order valence-corrected chi connectivity index (χ1v) is 5.50. The van der Waals surface area contributed by atoms with Gasteiger partial charge in [0, 0.05) is 5.39 Å². The maximum absolute atomic E-state index is 10.1. The maximum atomic E-state index is 10.1. The fraction of sp³-hybridized carbons (Fsp3) is 0.286. The molecule has 15 heavy (non-hydrogen) atoms. The van der Waals surface area contributed by atoms with Gasteiger partial charge in [-0.1, -0.05) is 18.2 Å². The number of phenolic OH excluding ortho intramolecular Hbond substituents is 1. The molecule has 0 fully saturated rings. The van der Waals surface area contributed by atoms with Crippen molar-refractivity contribution in [1.82, 2.24) is 0 Å². The molecule has 3 rings (SSSR count). The molecule has 0 saturated carbocycles. The lowest BCUT2D eigenvalue weighted by Gasteiger charge is -2.15. The van der Waals surface area contributed by atoms with E-state index in [9.17, 15) is 5.11 Å². The monoisotopic (exact) mass is 198 g/mol. The highest BCUT2D eigenvalue weighted by molar-refractivity contribution is 5.90. The van der Waals surface area contributed by atoms with Crippen LogP contribution in [0.5, 0.6) is 5.75 Å². The van der Waals surface area contributed by atoms with Gasteiger partial charge in [-0.2, -0.15) is 0 Å². The Kier molecular flexibility index (Phi) is 1.75. The van der Waals surface area contributed by atoms with Crippen molar-refractivity contribution in [3.05, 3.63) is 41.0 Å². The van der Waals surface area contributed by atoms with Gasteiger partial charge in [0.2, 0.25) is 0 Å². The van der Waals surface area contributed by atoms with Gasteiger partial charge < -0.3 is 5.11 Å². The van der Waals surface area contributed by atoms with Gasteiger partial charge in [0.05, 0.1) is 0 Å². The third-order valence-electron chi connectivity index (χ3n) is 3.42. The van der Waals surface area contributed by atoms with Crippen LogP contribution in [0, 0.1) is 6.92 Å². The minimum Gasteiger partial charge on any atom is -0.507 e. The summed E-state index contributed by atoms with van der Waals surface area (Å²) >= 11 is 0. The summed E-state index contributed by atoms with van der Waals surface area (Å²) in [5.74, 6) is 0.494. The van der Waals surface area contributed by atoms with Crippen LogP contribution in [-0.2, 0) is 12.8 Å². The second-order valence-electron chi connectivity index (χ2n) is 4.43. The van der Waals surface area contributed by atoms with E-state index in [4.69, 9.17) is 0 Å². The molecule has 0 amide bonds. The number of hydrogen-bond donors (Lipinski definition) is 1. The number of aryl methyl sites for hydroxylation is 3. The van der Waals surface area contributed by atoms with Crippen LogP contribution in [0.15, 0.2) is 24.3 Å². The second-order valence-corrected chi connectivity index (χ2v) is 4.43. The van der Waals surface area contributed by atoms with E-state index in [0.29, 0.717) is 5.75 Å². The Morgan fingerprint density at radius 2 is 1.87 bits per heavy atom. The zero-order chi connectivity index (χ0) is 10.4. The topological polar surface area (TPSA) is 20.2 Å². The first-order chi connectivity index (χ1) is 7.25. The summed E-state index contributed by atoms with van der Waals surface area (Å²) in [7, 11) is 0. The lowest BCUT2D eigenvalue weighted by molar-refractivity contribution is 0.473. The molecule has 76 valence electrons. The number of hydrogen-bond acceptors (Lipinski definition) is 1. The first-order valence-electron chi connectivity index (χ1n) is 5.50. The van der Waals surface area contributed by atoms with Crippen molar-refractivity contribution in [2.45, 2.75) is 26.2 Å². The van der Waals surface area contributed by atoms with E-state index >= 15 is 0 Å². The molecule has 0 radical (unpaired) electrons. The highest BCUT2D eigenvalue weighted by atomic mass is 16.3. The normalized spacial score (nSPS) is 14.5. The average molecular weight is 198 g/mol. The molecule has 0 aromatic heterocycles. The Morgan fingerprint density at radius 1 is 1.07 bits per heavy atom. The van der Waals surface area contributed by atoms with Crippen LogP contribution in [0.25, 0.3) is 10.8 Å². The quantitative estimate of drug-likeness (QED) is 0.688. The molecule has 1 nitrogen and oxygen atoms in total. The van der Waals surface area contributed by atoms with Gasteiger partial charge in [-0.05, 0) is 54.3 Å². The fourth-order valence-electron chi connectivity index (χ4n) is 2.50. The van der Waals surface area contributed by atoms with Gasteiger partial charge in [0.1, 0.15) is 5.75 Å². The van der Waals surface area contributed by atoms with Crippen molar-refractivity contribution in [3.63, 3.8) is 0 Å². The zero-order valence-electron chi connectivity index (χ0n) is 8.88. The van der Waals surface area contributed by atoms with E-state index in [1.54, 1.807) is 0 Å². The summed E-state index contributed by atoms with van der Waals surface area (Å²) in [6, 6.07) is 8.51. The van der Waals surface area contributed by atoms with Crippen molar-refractivity contribution < 1.29 is 5.11 Å². The predicted molar refractivity (Wildman–Crippen MR) is 62.4 cm³/mol. The molecular formula is C14H14O. The molecular weight excluding hydrogens is 184 g/mol. The molecule has 1 N–H and O–H groups in total. The largest absolute Gasteiger partial charge is 0.507 e. The summed E-state index contributed by atoms with van der Waals surface area (Å²) < 4.78 is 0. The summed E-state index contributed by atoms with van der Waals surface area (Å²) in [6.45, 7) is 2.15. The molecule has 2 aromatic rings. The SMILES string of the molecule is Cc1cc2ccc3c(O)c2cc1CCC3. The van der Waals surface area contributed by atoms with Crippen molar-refractivity contribution in [1.29, 1.82) is 0 Å². The molecule has 0 saturated heterocycles.